The minimum atomic E-state index is -0.841. The minimum Gasteiger partial charge on any atom is -0.333 e. The molecule has 0 radical (unpaired) electrons. The summed E-state index contributed by atoms with van der Waals surface area (Å²) in [6.07, 6.45) is 1.01. The Hall–Kier alpha value is -2.16. The highest BCUT2D eigenvalue weighted by Crippen LogP contribution is 2.23. The Kier molecular flexibility index (Phi) is 6.96. The SMILES string of the molecule is CCc1ccc([C@H]([NH2+]CC(=O)N[C@](C)(C#N)C(C)C)c2cccs2)cc1. The number of carbonyl (C=O) groups excluding carboxylic acids is 1. The topological polar surface area (TPSA) is 69.5 Å². The van der Waals surface area contributed by atoms with Crippen molar-refractivity contribution in [2.24, 2.45) is 5.92 Å². The number of nitrogens with zero attached hydrogens (tertiary/aromatic N) is 1. The number of hydrogen-bond acceptors (Lipinski definition) is 3. The van der Waals surface area contributed by atoms with Crippen molar-refractivity contribution in [2.45, 2.75) is 45.7 Å². The summed E-state index contributed by atoms with van der Waals surface area (Å²) in [5.74, 6) is -0.0689. The molecule has 1 aromatic carbocycles. The molecule has 0 aliphatic carbocycles. The molecule has 3 N–H and O–H groups in total. The van der Waals surface area contributed by atoms with Gasteiger partial charge in [-0.15, -0.1) is 11.3 Å². The monoisotopic (exact) mass is 370 g/mol. The van der Waals surface area contributed by atoms with Gasteiger partial charge < -0.3 is 10.6 Å². The van der Waals surface area contributed by atoms with E-state index >= 15 is 0 Å². The third kappa shape index (κ3) is 4.94. The van der Waals surface area contributed by atoms with E-state index in [2.05, 4.69) is 54.0 Å². The summed E-state index contributed by atoms with van der Waals surface area (Å²) in [5, 5.41) is 16.4. The van der Waals surface area contributed by atoms with Gasteiger partial charge in [0.25, 0.3) is 5.91 Å². The maximum absolute atomic E-state index is 12.4. The van der Waals surface area contributed by atoms with E-state index in [1.54, 1.807) is 18.3 Å². The quantitative estimate of drug-likeness (QED) is 0.750. The van der Waals surface area contributed by atoms with E-state index < -0.39 is 5.54 Å². The van der Waals surface area contributed by atoms with Crippen LogP contribution >= 0.6 is 11.3 Å². The van der Waals surface area contributed by atoms with Crippen LogP contribution in [0.1, 0.15) is 49.7 Å². The molecule has 0 bridgehead atoms. The molecule has 138 valence electrons. The molecule has 2 atom stereocenters. The van der Waals surface area contributed by atoms with Crippen molar-refractivity contribution < 1.29 is 10.1 Å². The van der Waals surface area contributed by atoms with Gasteiger partial charge in [0, 0.05) is 5.56 Å². The van der Waals surface area contributed by atoms with Gasteiger partial charge in [0.1, 0.15) is 11.6 Å². The number of nitrogens with one attached hydrogen (secondary N) is 1. The Bertz CT molecular complexity index is 747. The second kappa shape index (κ2) is 8.98. The van der Waals surface area contributed by atoms with Crippen LogP contribution < -0.4 is 10.6 Å². The number of thiophene rings is 1. The Balaban J connectivity index is 2.11. The van der Waals surface area contributed by atoms with Gasteiger partial charge in [-0.3, -0.25) is 4.79 Å². The lowest BCUT2D eigenvalue weighted by molar-refractivity contribution is -0.676. The Morgan fingerprint density at radius 3 is 2.50 bits per heavy atom. The molecule has 0 spiro atoms. The summed E-state index contributed by atoms with van der Waals surface area (Å²) in [6.45, 7) is 8.08. The highest BCUT2D eigenvalue weighted by molar-refractivity contribution is 7.10. The average Bonchev–Trinajstić information content (AvgIpc) is 3.16. The fourth-order valence-electron chi connectivity index (χ4n) is 2.71. The second-order valence-corrected chi connectivity index (χ2v) is 8.02. The molecule has 1 heterocycles. The minimum absolute atomic E-state index is 0.0473. The maximum Gasteiger partial charge on any atom is 0.276 e. The van der Waals surface area contributed by atoms with E-state index in [0.717, 1.165) is 6.42 Å². The molecule has 0 fully saturated rings. The molecule has 0 saturated carbocycles. The van der Waals surface area contributed by atoms with Crippen LogP contribution in [0.15, 0.2) is 41.8 Å². The van der Waals surface area contributed by atoms with Gasteiger partial charge in [-0.2, -0.15) is 5.26 Å². The van der Waals surface area contributed by atoms with Crippen LogP contribution in [0, 0.1) is 17.2 Å². The number of rotatable bonds is 8. The molecule has 2 aromatic rings. The average molecular weight is 371 g/mol. The highest BCUT2D eigenvalue weighted by atomic mass is 32.1. The van der Waals surface area contributed by atoms with Crippen molar-refractivity contribution >= 4 is 17.2 Å². The van der Waals surface area contributed by atoms with E-state index in [0.29, 0.717) is 0 Å². The van der Waals surface area contributed by atoms with Gasteiger partial charge in [0.2, 0.25) is 0 Å². The third-order valence-corrected chi connectivity index (χ3v) is 5.88. The Labute approximate surface area is 160 Å². The fraction of sp³-hybridized carbons (Fsp3) is 0.429. The van der Waals surface area contributed by atoms with Crippen LogP contribution in [0.2, 0.25) is 0 Å². The molecular formula is C21H28N3OS+. The van der Waals surface area contributed by atoms with E-state index in [9.17, 15) is 10.1 Å². The first-order valence-electron chi connectivity index (χ1n) is 9.07. The Morgan fingerprint density at radius 1 is 1.31 bits per heavy atom. The number of aryl methyl sites for hydroxylation is 1. The van der Waals surface area contributed by atoms with Gasteiger partial charge in [0.15, 0.2) is 6.54 Å². The number of amides is 1. The molecule has 0 saturated heterocycles. The zero-order chi connectivity index (χ0) is 19.2. The summed E-state index contributed by atoms with van der Waals surface area (Å²) in [4.78, 5) is 13.7. The lowest BCUT2D eigenvalue weighted by Crippen LogP contribution is -2.88. The van der Waals surface area contributed by atoms with Gasteiger partial charge >= 0.3 is 0 Å². The number of carbonyl (C=O) groups is 1. The van der Waals surface area contributed by atoms with Crippen molar-refractivity contribution in [1.29, 1.82) is 5.26 Å². The summed E-state index contributed by atoms with van der Waals surface area (Å²) < 4.78 is 0. The molecule has 1 amide bonds. The molecular weight excluding hydrogens is 342 g/mol. The number of nitriles is 1. The molecule has 1 aromatic heterocycles. The van der Waals surface area contributed by atoms with Crippen LogP contribution in [0.3, 0.4) is 0 Å². The first kappa shape index (κ1) is 20.2. The number of quaternary nitrogens is 1. The normalized spacial score (nSPS) is 14.5. The maximum atomic E-state index is 12.4. The van der Waals surface area contributed by atoms with Crippen molar-refractivity contribution in [3.63, 3.8) is 0 Å². The molecule has 26 heavy (non-hydrogen) atoms. The number of nitrogens with two attached hydrogens (primary N) is 1. The zero-order valence-corrected chi connectivity index (χ0v) is 16.8. The van der Waals surface area contributed by atoms with Gasteiger partial charge in [0.05, 0.1) is 10.9 Å². The molecule has 4 nitrogen and oxygen atoms in total. The predicted molar refractivity (Wildman–Crippen MR) is 106 cm³/mol. The predicted octanol–water partition coefficient (Wildman–Crippen LogP) is 3.02. The lowest BCUT2D eigenvalue weighted by Gasteiger charge is -2.27. The Morgan fingerprint density at radius 2 is 2.00 bits per heavy atom. The van der Waals surface area contributed by atoms with Crippen LogP contribution in [0.5, 0.6) is 0 Å². The van der Waals surface area contributed by atoms with Gasteiger partial charge in [-0.25, -0.2) is 0 Å². The number of benzene rings is 1. The smallest absolute Gasteiger partial charge is 0.276 e. The standard InChI is InChI=1S/C21H27N3OS/c1-5-16-8-10-17(11-9-16)20(18-7-6-12-26-18)23-13-19(25)24-21(4,14-22)15(2)3/h6-12,15,20,23H,5,13H2,1-4H3,(H,24,25)/p+1/t20-,21+/m0/s1. The van der Waals surface area contributed by atoms with E-state index in [1.807, 2.05) is 25.2 Å². The lowest BCUT2D eigenvalue weighted by atomic mass is 9.90. The van der Waals surface area contributed by atoms with E-state index in [4.69, 9.17) is 0 Å². The first-order valence-corrected chi connectivity index (χ1v) is 9.95. The zero-order valence-electron chi connectivity index (χ0n) is 16.0. The second-order valence-electron chi connectivity index (χ2n) is 7.05. The third-order valence-electron chi connectivity index (χ3n) is 4.92. The van der Waals surface area contributed by atoms with Crippen molar-refractivity contribution in [3.8, 4) is 6.07 Å². The van der Waals surface area contributed by atoms with Gasteiger partial charge in [-0.1, -0.05) is 51.1 Å². The summed E-state index contributed by atoms with van der Waals surface area (Å²) in [6, 6.07) is 15.0. The first-order chi connectivity index (χ1) is 12.4. The highest BCUT2D eigenvalue weighted by Gasteiger charge is 2.31. The number of hydrogen-bond donors (Lipinski definition) is 2. The molecule has 0 aliphatic rings. The van der Waals surface area contributed by atoms with Crippen molar-refractivity contribution in [1.82, 2.24) is 5.32 Å². The molecule has 0 unspecified atom stereocenters. The van der Waals surface area contributed by atoms with E-state index in [-0.39, 0.29) is 24.4 Å². The van der Waals surface area contributed by atoms with E-state index in [1.165, 1.54) is 16.0 Å². The summed E-state index contributed by atoms with van der Waals surface area (Å²) in [5.41, 5.74) is 1.65. The van der Waals surface area contributed by atoms with Crippen LogP contribution in [0.4, 0.5) is 0 Å². The van der Waals surface area contributed by atoms with Gasteiger partial charge in [-0.05, 0) is 36.3 Å². The summed E-state index contributed by atoms with van der Waals surface area (Å²) >= 11 is 1.69. The van der Waals surface area contributed by atoms with Crippen LogP contribution in [-0.4, -0.2) is 18.0 Å². The fourth-order valence-corrected chi connectivity index (χ4v) is 3.56. The summed E-state index contributed by atoms with van der Waals surface area (Å²) in [7, 11) is 0. The van der Waals surface area contributed by atoms with Crippen LogP contribution in [0.25, 0.3) is 0 Å². The molecule has 2 rings (SSSR count). The molecule has 5 heteroatoms. The molecule has 0 aliphatic heterocycles. The van der Waals surface area contributed by atoms with Crippen molar-refractivity contribution in [2.75, 3.05) is 6.54 Å². The largest absolute Gasteiger partial charge is 0.333 e. The van der Waals surface area contributed by atoms with Crippen LogP contribution in [-0.2, 0) is 11.2 Å². The van der Waals surface area contributed by atoms with Crippen molar-refractivity contribution in [3.05, 3.63) is 57.8 Å².